The van der Waals surface area contributed by atoms with E-state index in [1.807, 2.05) is 6.07 Å². The Morgan fingerprint density at radius 2 is 2.33 bits per heavy atom. The summed E-state index contributed by atoms with van der Waals surface area (Å²) in [5.41, 5.74) is 7.79. The van der Waals surface area contributed by atoms with E-state index >= 15 is 0 Å². The minimum absolute atomic E-state index is 0.133. The van der Waals surface area contributed by atoms with Crippen molar-refractivity contribution in [2.24, 2.45) is 0 Å². The van der Waals surface area contributed by atoms with Gasteiger partial charge in [-0.2, -0.15) is 4.98 Å². The fraction of sp³-hybridized carbons (Fsp3) is 0.462. The van der Waals surface area contributed by atoms with Gasteiger partial charge in [-0.3, -0.25) is 0 Å². The largest absolute Gasteiger partial charge is 0.424 e. The first kappa shape index (κ1) is 11.3. The van der Waals surface area contributed by atoms with Crippen LogP contribution in [0.1, 0.15) is 20.3 Å². The van der Waals surface area contributed by atoms with Gasteiger partial charge in [0.15, 0.2) is 5.58 Å². The Labute approximate surface area is 105 Å². The molecule has 5 heteroatoms. The summed E-state index contributed by atoms with van der Waals surface area (Å²) >= 11 is 0. The van der Waals surface area contributed by atoms with Gasteiger partial charge >= 0.3 is 0 Å². The van der Waals surface area contributed by atoms with Crippen LogP contribution >= 0.6 is 0 Å². The number of nitrogens with zero attached hydrogens (tertiary/aromatic N) is 1. The summed E-state index contributed by atoms with van der Waals surface area (Å²) in [6.45, 7) is 4.94. The molecule has 3 rings (SSSR count). The standard InChI is InChI=1S/C13H17N3O2/c1-8-13(2,5-6-17-8)16-12-15-10-7-9(14)3-4-11(10)18-12/h3-4,7-8H,5-6,14H2,1-2H3,(H,15,16). The van der Waals surface area contributed by atoms with Crippen LogP contribution in [-0.2, 0) is 4.74 Å². The number of nitrogens with two attached hydrogens (primary N) is 1. The maximum Gasteiger partial charge on any atom is 0.296 e. The molecule has 1 aromatic carbocycles. The predicted molar refractivity (Wildman–Crippen MR) is 70.5 cm³/mol. The van der Waals surface area contributed by atoms with Crippen LogP contribution in [-0.4, -0.2) is 23.2 Å². The summed E-state index contributed by atoms with van der Waals surface area (Å²) < 4.78 is 11.2. The number of aromatic nitrogens is 1. The summed E-state index contributed by atoms with van der Waals surface area (Å²) in [5, 5.41) is 3.33. The van der Waals surface area contributed by atoms with E-state index in [2.05, 4.69) is 24.1 Å². The highest BCUT2D eigenvalue weighted by molar-refractivity contribution is 5.78. The number of fused-ring (bicyclic) bond motifs is 1. The van der Waals surface area contributed by atoms with E-state index in [9.17, 15) is 0 Å². The molecule has 1 saturated heterocycles. The van der Waals surface area contributed by atoms with Crippen LogP contribution < -0.4 is 11.1 Å². The molecule has 2 atom stereocenters. The van der Waals surface area contributed by atoms with Crippen molar-refractivity contribution in [2.75, 3.05) is 17.7 Å². The molecule has 2 aromatic rings. The summed E-state index contributed by atoms with van der Waals surface area (Å²) in [4.78, 5) is 4.40. The van der Waals surface area contributed by atoms with Gasteiger partial charge in [-0.25, -0.2) is 0 Å². The summed E-state index contributed by atoms with van der Waals surface area (Å²) in [6, 6.07) is 5.97. The van der Waals surface area contributed by atoms with E-state index in [1.165, 1.54) is 0 Å². The number of hydrogen-bond donors (Lipinski definition) is 2. The van der Waals surface area contributed by atoms with Crippen LogP contribution in [0.4, 0.5) is 11.7 Å². The molecule has 0 saturated carbocycles. The second-order valence-corrected chi connectivity index (χ2v) is 5.05. The first-order valence-electron chi connectivity index (χ1n) is 6.13. The lowest BCUT2D eigenvalue weighted by molar-refractivity contribution is 0.104. The average molecular weight is 247 g/mol. The Kier molecular flexibility index (Phi) is 2.45. The van der Waals surface area contributed by atoms with Crippen molar-refractivity contribution in [1.29, 1.82) is 0 Å². The van der Waals surface area contributed by atoms with Crippen molar-refractivity contribution in [3.05, 3.63) is 18.2 Å². The van der Waals surface area contributed by atoms with Crippen LogP contribution in [0.25, 0.3) is 11.1 Å². The van der Waals surface area contributed by atoms with Gasteiger partial charge in [0.25, 0.3) is 6.01 Å². The van der Waals surface area contributed by atoms with Crippen LogP contribution in [0.5, 0.6) is 0 Å². The molecule has 2 unspecified atom stereocenters. The third-order valence-electron chi connectivity index (χ3n) is 3.69. The highest BCUT2D eigenvalue weighted by Crippen LogP contribution is 2.30. The molecule has 18 heavy (non-hydrogen) atoms. The Morgan fingerprint density at radius 1 is 1.50 bits per heavy atom. The third kappa shape index (κ3) is 1.80. The molecule has 3 N–H and O–H groups in total. The molecule has 0 spiro atoms. The zero-order valence-corrected chi connectivity index (χ0v) is 10.6. The van der Waals surface area contributed by atoms with Crippen LogP contribution in [0, 0.1) is 0 Å². The number of nitrogens with one attached hydrogen (secondary N) is 1. The fourth-order valence-electron chi connectivity index (χ4n) is 2.24. The van der Waals surface area contributed by atoms with Gasteiger partial charge in [-0.15, -0.1) is 0 Å². The first-order valence-corrected chi connectivity index (χ1v) is 6.13. The second kappa shape index (κ2) is 3.88. The zero-order valence-electron chi connectivity index (χ0n) is 10.6. The molecule has 1 fully saturated rings. The van der Waals surface area contributed by atoms with E-state index in [0.29, 0.717) is 11.7 Å². The van der Waals surface area contributed by atoms with Gasteiger partial charge in [0.05, 0.1) is 11.6 Å². The topological polar surface area (TPSA) is 73.3 Å². The molecule has 1 aliphatic rings. The SMILES string of the molecule is CC1OCCC1(C)Nc1nc2cc(N)ccc2o1. The molecule has 2 heterocycles. The van der Waals surface area contributed by atoms with Gasteiger partial charge < -0.3 is 20.2 Å². The number of ether oxygens (including phenoxy) is 1. The van der Waals surface area contributed by atoms with Crippen molar-refractivity contribution >= 4 is 22.8 Å². The monoisotopic (exact) mass is 247 g/mol. The smallest absolute Gasteiger partial charge is 0.296 e. The Hall–Kier alpha value is -1.75. The molecule has 5 nitrogen and oxygen atoms in total. The number of oxazole rings is 1. The van der Waals surface area contributed by atoms with E-state index < -0.39 is 0 Å². The molecular formula is C13H17N3O2. The second-order valence-electron chi connectivity index (χ2n) is 5.05. The summed E-state index contributed by atoms with van der Waals surface area (Å²) in [5.74, 6) is 0. The minimum Gasteiger partial charge on any atom is -0.424 e. The number of rotatable bonds is 2. The molecular weight excluding hydrogens is 230 g/mol. The van der Waals surface area contributed by atoms with Crippen molar-refractivity contribution in [1.82, 2.24) is 4.98 Å². The van der Waals surface area contributed by atoms with E-state index in [4.69, 9.17) is 14.9 Å². The van der Waals surface area contributed by atoms with Crippen molar-refractivity contribution < 1.29 is 9.15 Å². The first-order chi connectivity index (χ1) is 8.57. The maximum atomic E-state index is 5.72. The molecule has 0 amide bonds. The van der Waals surface area contributed by atoms with Crippen LogP contribution in [0.2, 0.25) is 0 Å². The van der Waals surface area contributed by atoms with Crippen molar-refractivity contribution in [3.8, 4) is 0 Å². The average Bonchev–Trinajstić information content (AvgIpc) is 2.83. The lowest BCUT2D eigenvalue weighted by Gasteiger charge is -2.27. The molecule has 0 aliphatic carbocycles. The highest BCUT2D eigenvalue weighted by atomic mass is 16.5. The lowest BCUT2D eigenvalue weighted by atomic mass is 9.95. The van der Waals surface area contributed by atoms with E-state index in [1.54, 1.807) is 12.1 Å². The fourth-order valence-corrected chi connectivity index (χ4v) is 2.24. The van der Waals surface area contributed by atoms with E-state index in [-0.39, 0.29) is 11.6 Å². The lowest BCUT2D eigenvalue weighted by Crippen LogP contribution is -2.41. The van der Waals surface area contributed by atoms with Crippen molar-refractivity contribution in [2.45, 2.75) is 31.9 Å². The van der Waals surface area contributed by atoms with Crippen LogP contribution in [0.3, 0.4) is 0 Å². The number of nitrogen functional groups attached to an aromatic ring is 1. The van der Waals surface area contributed by atoms with Crippen LogP contribution in [0.15, 0.2) is 22.6 Å². The van der Waals surface area contributed by atoms with E-state index in [0.717, 1.165) is 24.1 Å². The van der Waals surface area contributed by atoms with Crippen molar-refractivity contribution in [3.63, 3.8) is 0 Å². The Morgan fingerprint density at radius 3 is 3.06 bits per heavy atom. The number of hydrogen-bond acceptors (Lipinski definition) is 5. The molecule has 0 radical (unpaired) electrons. The normalized spacial score (nSPS) is 27.8. The summed E-state index contributed by atoms with van der Waals surface area (Å²) in [6.07, 6.45) is 1.08. The number of anilines is 2. The molecule has 1 aliphatic heterocycles. The van der Waals surface area contributed by atoms with Gasteiger partial charge in [0.1, 0.15) is 5.52 Å². The van der Waals surface area contributed by atoms with Gasteiger partial charge in [0, 0.05) is 12.3 Å². The Bertz CT molecular complexity index is 581. The minimum atomic E-state index is -0.133. The zero-order chi connectivity index (χ0) is 12.8. The van der Waals surface area contributed by atoms with Gasteiger partial charge in [0.2, 0.25) is 0 Å². The molecule has 0 bridgehead atoms. The van der Waals surface area contributed by atoms with Gasteiger partial charge in [-0.05, 0) is 38.5 Å². The quantitative estimate of drug-likeness (QED) is 0.797. The summed E-state index contributed by atoms with van der Waals surface area (Å²) in [7, 11) is 0. The maximum absolute atomic E-state index is 5.72. The Balaban J connectivity index is 1.91. The molecule has 96 valence electrons. The third-order valence-corrected chi connectivity index (χ3v) is 3.69. The predicted octanol–water partition coefficient (Wildman–Crippen LogP) is 2.39. The van der Waals surface area contributed by atoms with Gasteiger partial charge in [-0.1, -0.05) is 0 Å². The molecule has 1 aromatic heterocycles. The number of benzene rings is 1. The highest BCUT2D eigenvalue weighted by Gasteiger charge is 2.38.